The third-order valence-electron chi connectivity index (χ3n) is 9.74. The summed E-state index contributed by atoms with van der Waals surface area (Å²) in [5.41, 5.74) is 5.45. The zero-order valence-electron chi connectivity index (χ0n) is 24.0. The van der Waals surface area contributed by atoms with Gasteiger partial charge < -0.3 is 8.98 Å². The molecule has 0 atom stereocenters. The number of fused-ring (bicyclic) bond motifs is 18. The molecule has 0 unspecified atom stereocenters. The van der Waals surface area contributed by atoms with Crippen molar-refractivity contribution >= 4 is 108 Å². The maximum atomic E-state index is 6.82. The summed E-state index contributed by atoms with van der Waals surface area (Å²) in [5.74, 6) is 0. The normalized spacial score (nSPS) is 12.4. The lowest BCUT2D eigenvalue weighted by atomic mass is 9.94. The van der Waals surface area contributed by atoms with E-state index in [4.69, 9.17) is 4.42 Å². The Morgan fingerprint density at radius 2 is 1.02 bits per heavy atom. The van der Waals surface area contributed by atoms with E-state index in [0.717, 1.165) is 16.9 Å². The second-order valence-electron chi connectivity index (χ2n) is 12.0. The van der Waals surface area contributed by atoms with E-state index in [-0.39, 0.29) is 0 Å². The van der Waals surface area contributed by atoms with Crippen molar-refractivity contribution in [1.29, 1.82) is 0 Å². The van der Waals surface area contributed by atoms with Gasteiger partial charge in [-0.25, -0.2) is 0 Å². The number of para-hydroxylation sites is 2. The summed E-state index contributed by atoms with van der Waals surface area (Å²) in [6.07, 6.45) is 0. The minimum absolute atomic E-state index is 0.928. The quantitative estimate of drug-likeness (QED) is 0.174. The molecule has 0 spiro atoms. The Balaban J connectivity index is 1.39. The van der Waals surface area contributed by atoms with Gasteiger partial charge in [-0.2, -0.15) is 0 Å². The maximum absolute atomic E-state index is 6.82. The predicted molar refractivity (Wildman–Crippen MR) is 193 cm³/mol. The molecule has 3 heterocycles. The number of nitrogens with zero attached hydrogens (tertiary/aromatic N) is 1. The molecule has 0 saturated heterocycles. The molecule has 208 valence electrons. The second kappa shape index (κ2) is 8.50. The molecule has 0 amide bonds. The standard InChI is InChI=1S/C42H23NOS/c1-2-13-27-25(11-1)26-12-3-4-14-28(26)33-23-24(21-22-29(27)33)43-34-18-8-5-15-30(34)39-40(43)42-38(32-17-7-10-20-36(32)45-42)37-31-16-6-9-19-35(31)44-41(37)39/h1-23H. The van der Waals surface area contributed by atoms with Gasteiger partial charge in [0, 0.05) is 37.3 Å². The molecule has 0 bridgehead atoms. The number of thiophene rings is 1. The summed E-state index contributed by atoms with van der Waals surface area (Å²) in [5, 5.41) is 15.0. The van der Waals surface area contributed by atoms with Crippen LogP contribution in [0.5, 0.6) is 0 Å². The van der Waals surface area contributed by atoms with Crippen molar-refractivity contribution in [1.82, 2.24) is 4.57 Å². The summed E-state index contributed by atoms with van der Waals surface area (Å²) >= 11 is 1.89. The fourth-order valence-corrected chi connectivity index (χ4v) is 9.17. The topological polar surface area (TPSA) is 18.1 Å². The molecular weight excluding hydrogens is 567 g/mol. The van der Waals surface area contributed by atoms with Crippen molar-refractivity contribution in [2.24, 2.45) is 0 Å². The maximum Gasteiger partial charge on any atom is 0.146 e. The summed E-state index contributed by atoms with van der Waals surface area (Å²) < 4.78 is 11.9. The van der Waals surface area contributed by atoms with E-state index in [1.165, 1.54) is 85.1 Å². The van der Waals surface area contributed by atoms with Crippen LogP contribution in [0.3, 0.4) is 0 Å². The van der Waals surface area contributed by atoms with Crippen LogP contribution in [-0.4, -0.2) is 4.57 Å². The number of hydrogen-bond acceptors (Lipinski definition) is 2. The second-order valence-corrected chi connectivity index (χ2v) is 13.1. The molecule has 0 N–H and O–H groups in total. The van der Waals surface area contributed by atoms with E-state index in [9.17, 15) is 0 Å². The Labute approximate surface area is 260 Å². The van der Waals surface area contributed by atoms with E-state index in [0.29, 0.717) is 0 Å². The van der Waals surface area contributed by atoms with E-state index >= 15 is 0 Å². The Kier molecular flexibility index (Phi) is 4.49. The molecule has 45 heavy (non-hydrogen) atoms. The Morgan fingerprint density at radius 3 is 1.78 bits per heavy atom. The summed E-state index contributed by atoms with van der Waals surface area (Å²) in [6, 6.07) is 50.7. The number of hydrogen-bond donors (Lipinski definition) is 0. The van der Waals surface area contributed by atoms with Crippen LogP contribution in [0.25, 0.3) is 102 Å². The highest BCUT2D eigenvalue weighted by atomic mass is 32.1. The van der Waals surface area contributed by atoms with Crippen LogP contribution in [0.4, 0.5) is 0 Å². The molecule has 0 fully saturated rings. The predicted octanol–water partition coefficient (Wildman–Crippen LogP) is 12.5. The van der Waals surface area contributed by atoms with Crippen LogP contribution in [-0.2, 0) is 0 Å². The first-order valence-electron chi connectivity index (χ1n) is 15.4. The molecule has 0 aliphatic heterocycles. The Hall–Kier alpha value is -5.64. The zero-order valence-corrected chi connectivity index (χ0v) is 24.9. The van der Waals surface area contributed by atoms with Crippen molar-refractivity contribution in [3.05, 3.63) is 140 Å². The molecule has 0 radical (unpaired) electrons. The fourth-order valence-electron chi connectivity index (χ4n) is 7.92. The third-order valence-corrected chi connectivity index (χ3v) is 10.9. The van der Waals surface area contributed by atoms with Gasteiger partial charge in [0.05, 0.1) is 21.1 Å². The number of furan rings is 1. The SMILES string of the molecule is c1ccc2c(c1)oc1c2c2c3ccccc3sc2c2c1c1ccccc1n2-c1ccc2c3ccccc3c3ccccc3c2c1. The molecule has 8 aromatic carbocycles. The molecule has 11 rings (SSSR count). The van der Waals surface area contributed by atoms with Crippen LogP contribution in [0.2, 0.25) is 0 Å². The highest BCUT2D eigenvalue weighted by Crippen LogP contribution is 2.50. The van der Waals surface area contributed by atoms with E-state index < -0.39 is 0 Å². The molecule has 0 aliphatic rings. The van der Waals surface area contributed by atoms with Gasteiger partial charge in [-0.1, -0.05) is 109 Å². The van der Waals surface area contributed by atoms with Gasteiger partial charge in [0.2, 0.25) is 0 Å². The lowest BCUT2D eigenvalue weighted by Crippen LogP contribution is -1.95. The lowest BCUT2D eigenvalue weighted by Gasteiger charge is -2.14. The van der Waals surface area contributed by atoms with Gasteiger partial charge in [-0.15, -0.1) is 11.3 Å². The van der Waals surface area contributed by atoms with Crippen molar-refractivity contribution in [2.45, 2.75) is 0 Å². The highest BCUT2D eigenvalue weighted by molar-refractivity contribution is 7.27. The minimum atomic E-state index is 0.928. The average molecular weight is 590 g/mol. The van der Waals surface area contributed by atoms with Crippen molar-refractivity contribution in [3.63, 3.8) is 0 Å². The first-order chi connectivity index (χ1) is 22.3. The zero-order chi connectivity index (χ0) is 29.2. The molecule has 2 nitrogen and oxygen atoms in total. The van der Waals surface area contributed by atoms with Crippen molar-refractivity contribution < 1.29 is 4.42 Å². The average Bonchev–Trinajstić information content (AvgIpc) is 3.78. The third kappa shape index (κ3) is 2.98. The summed E-state index contributed by atoms with van der Waals surface area (Å²) in [7, 11) is 0. The number of aromatic nitrogens is 1. The smallest absolute Gasteiger partial charge is 0.146 e. The molecule has 11 aromatic rings. The van der Waals surface area contributed by atoms with Crippen molar-refractivity contribution in [3.8, 4) is 5.69 Å². The highest BCUT2D eigenvalue weighted by Gasteiger charge is 2.25. The monoisotopic (exact) mass is 589 g/mol. The van der Waals surface area contributed by atoms with Crippen LogP contribution < -0.4 is 0 Å². The summed E-state index contributed by atoms with van der Waals surface area (Å²) in [4.78, 5) is 0. The first kappa shape index (κ1) is 23.8. The van der Waals surface area contributed by atoms with E-state index in [1.807, 2.05) is 11.3 Å². The number of benzene rings is 8. The molecule has 0 saturated carbocycles. The summed E-state index contributed by atoms with van der Waals surface area (Å²) in [6.45, 7) is 0. The lowest BCUT2D eigenvalue weighted by molar-refractivity contribution is 0.673. The van der Waals surface area contributed by atoms with Gasteiger partial charge in [0.1, 0.15) is 11.2 Å². The Morgan fingerprint density at radius 1 is 0.444 bits per heavy atom. The van der Waals surface area contributed by atoms with E-state index in [1.54, 1.807) is 0 Å². The van der Waals surface area contributed by atoms with Gasteiger partial charge in [0.15, 0.2) is 0 Å². The van der Waals surface area contributed by atoms with E-state index in [2.05, 4.69) is 144 Å². The molecular formula is C42H23NOS. The molecule has 3 aromatic heterocycles. The largest absolute Gasteiger partial charge is 0.455 e. The Bertz CT molecular complexity index is 3010. The number of rotatable bonds is 1. The van der Waals surface area contributed by atoms with Crippen LogP contribution in [0.15, 0.2) is 144 Å². The van der Waals surface area contributed by atoms with Crippen molar-refractivity contribution in [2.75, 3.05) is 0 Å². The van der Waals surface area contributed by atoms with Gasteiger partial charge in [-0.3, -0.25) is 0 Å². The van der Waals surface area contributed by atoms with Gasteiger partial charge in [0.25, 0.3) is 0 Å². The van der Waals surface area contributed by atoms with Gasteiger partial charge >= 0.3 is 0 Å². The van der Waals surface area contributed by atoms with Gasteiger partial charge in [-0.05, 0) is 62.6 Å². The van der Waals surface area contributed by atoms with Crippen LogP contribution in [0.1, 0.15) is 0 Å². The molecule has 3 heteroatoms. The fraction of sp³-hybridized carbons (Fsp3) is 0. The molecule has 0 aliphatic carbocycles. The first-order valence-corrected chi connectivity index (χ1v) is 16.2. The van der Waals surface area contributed by atoms with Crippen LogP contribution in [0, 0.1) is 0 Å². The van der Waals surface area contributed by atoms with Crippen LogP contribution >= 0.6 is 11.3 Å². The minimum Gasteiger partial charge on any atom is -0.455 e.